The number of carbonyl (C=O) groups excluding carboxylic acids is 1. The summed E-state index contributed by atoms with van der Waals surface area (Å²) in [5.74, 6) is -0.876. The third-order valence-corrected chi connectivity index (χ3v) is 2.48. The molecule has 0 bridgehead atoms. The van der Waals surface area contributed by atoms with Crippen molar-refractivity contribution < 1.29 is 18.8 Å². The van der Waals surface area contributed by atoms with E-state index < -0.39 is 28.1 Å². The van der Waals surface area contributed by atoms with Gasteiger partial charge in [0.1, 0.15) is 5.60 Å². The van der Waals surface area contributed by atoms with Crippen molar-refractivity contribution in [2.45, 2.75) is 32.8 Å². The minimum atomic E-state index is -0.876. The zero-order valence-corrected chi connectivity index (χ0v) is 12.8. The van der Waals surface area contributed by atoms with Crippen molar-refractivity contribution in [1.29, 1.82) is 0 Å². The summed E-state index contributed by atoms with van der Waals surface area (Å²) in [5, 5.41) is 13.4. The lowest BCUT2D eigenvalue weighted by Gasteiger charge is -2.19. The molecule has 1 aromatic rings. The van der Waals surface area contributed by atoms with Crippen LogP contribution in [0.1, 0.15) is 32.8 Å². The molecule has 0 spiro atoms. The molecule has 7 heteroatoms. The van der Waals surface area contributed by atoms with Crippen LogP contribution in [0, 0.1) is 15.9 Å². The smallest absolute Gasteiger partial charge is 0.407 e. The predicted octanol–water partition coefficient (Wildman–Crippen LogP) is 3.66. The molecular formula is C15H19FN2O4. The van der Waals surface area contributed by atoms with Gasteiger partial charge < -0.3 is 10.1 Å². The van der Waals surface area contributed by atoms with Crippen molar-refractivity contribution in [2.24, 2.45) is 0 Å². The molecule has 0 heterocycles. The number of para-hydroxylation sites is 1. The third kappa shape index (κ3) is 5.90. The van der Waals surface area contributed by atoms with Crippen molar-refractivity contribution in [3.8, 4) is 0 Å². The Kier molecular flexibility index (Phi) is 6.03. The quantitative estimate of drug-likeness (QED) is 0.511. The van der Waals surface area contributed by atoms with Gasteiger partial charge in [0.05, 0.1) is 10.5 Å². The Balaban J connectivity index is 2.53. The second kappa shape index (κ2) is 7.53. The van der Waals surface area contributed by atoms with Gasteiger partial charge in [0.15, 0.2) is 0 Å². The van der Waals surface area contributed by atoms with E-state index in [1.54, 1.807) is 26.8 Å². The summed E-state index contributed by atoms with van der Waals surface area (Å²) >= 11 is 0. The van der Waals surface area contributed by atoms with Crippen molar-refractivity contribution in [1.82, 2.24) is 5.32 Å². The highest BCUT2D eigenvalue weighted by Crippen LogP contribution is 2.23. The number of nitro groups is 1. The van der Waals surface area contributed by atoms with Crippen molar-refractivity contribution in [3.05, 3.63) is 45.8 Å². The van der Waals surface area contributed by atoms with Gasteiger partial charge in [0, 0.05) is 6.54 Å². The number of nitrogens with one attached hydrogen (secondary N) is 1. The van der Waals surface area contributed by atoms with Gasteiger partial charge in [-0.15, -0.1) is 0 Å². The zero-order chi connectivity index (χ0) is 16.8. The second-order valence-corrected chi connectivity index (χ2v) is 5.55. The highest BCUT2D eigenvalue weighted by atomic mass is 19.1. The molecular weight excluding hydrogens is 291 g/mol. The predicted molar refractivity (Wildman–Crippen MR) is 80.9 cm³/mol. The molecule has 0 fully saturated rings. The van der Waals surface area contributed by atoms with Gasteiger partial charge in [0.25, 0.3) is 0 Å². The van der Waals surface area contributed by atoms with Crippen LogP contribution in [0.4, 0.5) is 14.9 Å². The van der Waals surface area contributed by atoms with Crippen LogP contribution in [0.2, 0.25) is 0 Å². The van der Waals surface area contributed by atoms with Crippen LogP contribution < -0.4 is 5.32 Å². The maximum absolute atomic E-state index is 13.4. The van der Waals surface area contributed by atoms with Gasteiger partial charge in [-0.05, 0) is 39.3 Å². The molecule has 6 nitrogen and oxygen atoms in total. The van der Waals surface area contributed by atoms with E-state index in [-0.39, 0.29) is 5.56 Å². The van der Waals surface area contributed by atoms with Gasteiger partial charge in [-0.1, -0.05) is 18.2 Å². The lowest BCUT2D eigenvalue weighted by Crippen LogP contribution is -2.32. The van der Waals surface area contributed by atoms with E-state index in [2.05, 4.69) is 5.32 Å². The summed E-state index contributed by atoms with van der Waals surface area (Å²) < 4.78 is 18.4. The van der Waals surface area contributed by atoms with Crippen LogP contribution in [-0.2, 0) is 4.74 Å². The first kappa shape index (κ1) is 17.6. The van der Waals surface area contributed by atoms with E-state index in [0.717, 1.165) is 6.07 Å². The fraction of sp³-hybridized carbons (Fsp3) is 0.400. The topological polar surface area (TPSA) is 81.5 Å². The third-order valence-electron chi connectivity index (χ3n) is 2.48. The highest BCUT2D eigenvalue weighted by Gasteiger charge is 2.17. The molecule has 0 aromatic heterocycles. The van der Waals surface area contributed by atoms with Crippen LogP contribution in [0.15, 0.2) is 24.3 Å². The minimum absolute atomic E-state index is 0.183. The Bertz CT molecular complexity index is 579. The number of benzene rings is 1. The Labute approximate surface area is 128 Å². The second-order valence-electron chi connectivity index (χ2n) is 5.55. The van der Waals surface area contributed by atoms with Crippen LogP contribution in [0.25, 0.3) is 6.08 Å². The average molecular weight is 310 g/mol. The van der Waals surface area contributed by atoms with E-state index in [0.29, 0.717) is 13.0 Å². The molecule has 0 saturated heterocycles. The molecule has 1 rings (SSSR count). The SMILES string of the molecule is CC(C)(C)OC(=O)NCCC=Cc1cccc(F)c1[N+](=O)[O-]. The minimum Gasteiger partial charge on any atom is -0.444 e. The van der Waals surface area contributed by atoms with E-state index in [9.17, 15) is 19.3 Å². The normalized spacial score (nSPS) is 11.5. The highest BCUT2D eigenvalue weighted by molar-refractivity contribution is 5.67. The summed E-state index contributed by atoms with van der Waals surface area (Å²) in [4.78, 5) is 21.4. The number of carbonyl (C=O) groups is 1. The molecule has 0 aliphatic heterocycles. The summed E-state index contributed by atoms with van der Waals surface area (Å²) in [6.07, 6.45) is 2.99. The zero-order valence-electron chi connectivity index (χ0n) is 12.8. The van der Waals surface area contributed by atoms with Gasteiger partial charge in [-0.3, -0.25) is 10.1 Å². The summed E-state index contributed by atoms with van der Waals surface area (Å²) in [7, 11) is 0. The van der Waals surface area contributed by atoms with E-state index in [4.69, 9.17) is 4.74 Å². The number of nitro benzene ring substituents is 1. The molecule has 0 aliphatic carbocycles. The number of ether oxygens (including phenoxy) is 1. The maximum atomic E-state index is 13.4. The van der Waals surface area contributed by atoms with Crippen molar-refractivity contribution in [2.75, 3.05) is 6.54 Å². The molecule has 1 amide bonds. The Hall–Kier alpha value is -2.44. The maximum Gasteiger partial charge on any atom is 0.407 e. The lowest BCUT2D eigenvalue weighted by molar-refractivity contribution is -0.387. The molecule has 0 aliphatic rings. The van der Waals surface area contributed by atoms with E-state index >= 15 is 0 Å². The number of halogens is 1. The average Bonchev–Trinajstić information content (AvgIpc) is 2.35. The number of amides is 1. The molecule has 0 saturated carbocycles. The Morgan fingerprint density at radius 2 is 2.14 bits per heavy atom. The van der Waals surface area contributed by atoms with E-state index in [1.807, 2.05) is 0 Å². The lowest BCUT2D eigenvalue weighted by atomic mass is 10.1. The van der Waals surface area contributed by atoms with Crippen LogP contribution in [0.3, 0.4) is 0 Å². The molecule has 0 unspecified atom stereocenters. The number of alkyl carbamates (subject to hydrolysis) is 1. The molecule has 22 heavy (non-hydrogen) atoms. The summed E-state index contributed by atoms with van der Waals surface area (Å²) in [5.41, 5.74) is -0.941. The van der Waals surface area contributed by atoms with Gasteiger partial charge in [-0.25, -0.2) is 4.79 Å². The number of hydrogen-bond donors (Lipinski definition) is 1. The number of rotatable bonds is 5. The number of hydrogen-bond acceptors (Lipinski definition) is 4. The Morgan fingerprint density at radius 1 is 1.45 bits per heavy atom. The summed E-state index contributed by atoms with van der Waals surface area (Å²) in [6, 6.07) is 3.90. The Morgan fingerprint density at radius 3 is 2.73 bits per heavy atom. The van der Waals surface area contributed by atoms with E-state index in [1.165, 1.54) is 18.2 Å². The standard InChI is InChI=1S/C15H19FN2O4/c1-15(2,3)22-14(19)17-10-5-4-7-11-8-6-9-12(16)13(11)18(20)21/h4,6-9H,5,10H2,1-3H3,(H,17,19). The van der Waals surface area contributed by atoms with Crippen molar-refractivity contribution in [3.63, 3.8) is 0 Å². The van der Waals surface area contributed by atoms with Gasteiger partial charge in [-0.2, -0.15) is 4.39 Å². The number of nitrogens with zero attached hydrogens (tertiary/aromatic N) is 1. The fourth-order valence-corrected chi connectivity index (χ4v) is 1.64. The monoisotopic (exact) mass is 310 g/mol. The first-order valence-corrected chi connectivity index (χ1v) is 6.77. The summed E-state index contributed by atoms with van der Waals surface area (Å²) in [6.45, 7) is 5.59. The van der Waals surface area contributed by atoms with Crippen LogP contribution >= 0.6 is 0 Å². The first-order valence-electron chi connectivity index (χ1n) is 6.77. The fourth-order valence-electron chi connectivity index (χ4n) is 1.64. The largest absolute Gasteiger partial charge is 0.444 e. The molecule has 120 valence electrons. The first-order chi connectivity index (χ1) is 10.2. The van der Waals surface area contributed by atoms with Crippen molar-refractivity contribution >= 4 is 17.9 Å². The molecule has 0 radical (unpaired) electrons. The molecule has 0 atom stereocenters. The van der Waals surface area contributed by atoms with Crippen LogP contribution in [-0.4, -0.2) is 23.2 Å². The van der Waals surface area contributed by atoms with Crippen LogP contribution in [0.5, 0.6) is 0 Å². The molecule has 1 N–H and O–H groups in total. The molecule has 1 aromatic carbocycles. The van der Waals surface area contributed by atoms with Gasteiger partial charge >= 0.3 is 11.8 Å². The van der Waals surface area contributed by atoms with Gasteiger partial charge in [0.2, 0.25) is 5.82 Å².